The number of rotatable bonds is 6. The van der Waals surface area contributed by atoms with Crippen molar-refractivity contribution in [1.29, 1.82) is 0 Å². The van der Waals surface area contributed by atoms with E-state index in [1.54, 1.807) is 12.1 Å². The maximum Gasteiger partial charge on any atom is 0.248 e. The first kappa shape index (κ1) is 19.5. The summed E-state index contributed by atoms with van der Waals surface area (Å²) in [6, 6.07) is 22.6. The molecule has 0 aliphatic carbocycles. The van der Waals surface area contributed by atoms with Crippen LogP contribution in [0.3, 0.4) is 0 Å². The molecule has 5 heteroatoms. The van der Waals surface area contributed by atoms with Crippen molar-refractivity contribution in [3.05, 3.63) is 96.0 Å². The molecule has 2 N–H and O–H groups in total. The van der Waals surface area contributed by atoms with E-state index in [1.807, 2.05) is 73.7 Å². The van der Waals surface area contributed by atoms with Crippen molar-refractivity contribution in [3.63, 3.8) is 0 Å². The molecular formula is C25H21NO4. The average Bonchev–Trinajstić information content (AvgIpc) is 3.43. The van der Waals surface area contributed by atoms with Crippen LogP contribution < -0.4 is 5.32 Å². The second-order valence-electron chi connectivity index (χ2n) is 6.84. The Morgan fingerprint density at radius 1 is 0.967 bits per heavy atom. The summed E-state index contributed by atoms with van der Waals surface area (Å²) in [4.78, 5) is 12.3. The SMILES string of the molecule is Cc1cc(NC(=O)/C=C/c2ccc(-c3ccccc3)o2)ccc1-c1ccc(CO)o1. The molecule has 0 saturated heterocycles. The van der Waals surface area contributed by atoms with Crippen LogP contribution in [0.1, 0.15) is 17.1 Å². The minimum atomic E-state index is -0.250. The predicted molar refractivity (Wildman–Crippen MR) is 117 cm³/mol. The van der Waals surface area contributed by atoms with Crippen LogP contribution >= 0.6 is 0 Å². The van der Waals surface area contributed by atoms with Crippen molar-refractivity contribution in [2.75, 3.05) is 5.32 Å². The summed E-state index contributed by atoms with van der Waals surface area (Å²) < 4.78 is 11.4. The first-order valence-electron chi connectivity index (χ1n) is 9.57. The largest absolute Gasteiger partial charge is 0.459 e. The monoisotopic (exact) mass is 399 g/mol. The number of aryl methyl sites for hydroxylation is 1. The van der Waals surface area contributed by atoms with Gasteiger partial charge in [0.1, 0.15) is 29.6 Å². The number of furan rings is 2. The van der Waals surface area contributed by atoms with Gasteiger partial charge >= 0.3 is 0 Å². The van der Waals surface area contributed by atoms with Gasteiger partial charge in [0.05, 0.1) is 0 Å². The molecular weight excluding hydrogens is 378 g/mol. The Morgan fingerprint density at radius 2 is 1.77 bits per heavy atom. The number of aliphatic hydroxyl groups excluding tert-OH is 1. The Balaban J connectivity index is 1.41. The molecule has 2 heterocycles. The number of benzene rings is 2. The Morgan fingerprint density at radius 3 is 2.50 bits per heavy atom. The summed E-state index contributed by atoms with van der Waals surface area (Å²) in [6.45, 7) is 1.80. The zero-order valence-electron chi connectivity index (χ0n) is 16.5. The van der Waals surface area contributed by atoms with E-state index in [4.69, 9.17) is 13.9 Å². The number of amides is 1. The fourth-order valence-electron chi connectivity index (χ4n) is 3.17. The zero-order valence-corrected chi connectivity index (χ0v) is 16.5. The molecule has 0 spiro atoms. The van der Waals surface area contributed by atoms with Gasteiger partial charge in [-0.25, -0.2) is 0 Å². The van der Waals surface area contributed by atoms with Gasteiger partial charge in [0.2, 0.25) is 5.91 Å². The third kappa shape index (κ3) is 4.42. The van der Waals surface area contributed by atoms with Crippen LogP contribution in [0.5, 0.6) is 0 Å². The number of anilines is 1. The summed E-state index contributed by atoms with van der Waals surface area (Å²) in [7, 11) is 0. The lowest BCUT2D eigenvalue weighted by atomic mass is 10.1. The Bertz CT molecular complexity index is 1180. The highest BCUT2D eigenvalue weighted by Crippen LogP contribution is 2.28. The summed E-state index contributed by atoms with van der Waals surface area (Å²) >= 11 is 0. The Hall–Kier alpha value is -3.83. The van der Waals surface area contributed by atoms with Gasteiger partial charge in [0, 0.05) is 22.9 Å². The second kappa shape index (κ2) is 8.68. The topological polar surface area (TPSA) is 75.6 Å². The van der Waals surface area contributed by atoms with Gasteiger partial charge in [-0.15, -0.1) is 0 Å². The molecule has 0 bridgehead atoms. The number of carbonyl (C=O) groups is 1. The van der Waals surface area contributed by atoms with Gasteiger partial charge in [-0.05, 0) is 61.0 Å². The van der Waals surface area contributed by atoms with Crippen molar-refractivity contribution in [2.24, 2.45) is 0 Å². The zero-order chi connectivity index (χ0) is 20.9. The first-order chi connectivity index (χ1) is 14.6. The number of hydrogen-bond acceptors (Lipinski definition) is 4. The summed E-state index contributed by atoms with van der Waals surface area (Å²) in [5.41, 5.74) is 3.53. The lowest BCUT2D eigenvalue weighted by Crippen LogP contribution is -2.07. The molecule has 0 aliphatic rings. The lowest BCUT2D eigenvalue weighted by Gasteiger charge is -2.07. The Kier molecular flexibility index (Phi) is 5.63. The predicted octanol–water partition coefficient (Wildman–Crippen LogP) is 5.66. The van der Waals surface area contributed by atoms with Crippen molar-refractivity contribution < 1.29 is 18.7 Å². The molecule has 4 rings (SSSR count). The summed E-state index contributed by atoms with van der Waals surface area (Å²) in [5, 5.41) is 12.0. The van der Waals surface area contributed by atoms with Crippen LogP contribution in [0.25, 0.3) is 28.7 Å². The molecule has 0 unspecified atom stereocenters. The Labute approximate surface area is 174 Å². The summed E-state index contributed by atoms with van der Waals surface area (Å²) in [5.74, 6) is 2.30. The van der Waals surface area contributed by atoms with E-state index in [1.165, 1.54) is 6.08 Å². The molecule has 0 radical (unpaired) electrons. The van der Waals surface area contributed by atoms with Crippen LogP contribution in [0, 0.1) is 6.92 Å². The molecule has 0 saturated carbocycles. The molecule has 0 atom stereocenters. The molecule has 30 heavy (non-hydrogen) atoms. The van der Waals surface area contributed by atoms with Crippen molar-refractivity contribution in [2.45, 2.75) is 13.5 Å². The maximum atomic E-state index is 12.3. The van der Waals surface area contributed by atoms with Crippen LogP contribution in [0.4, 0.5) is 5.69 Å². The van der Waals surface area contributed by atoms with Crippen LogP contribution in [0.2, 0.25) is 0 Å². The van der Waals surface area contributed by atoms with Crippen LogP contribution in [-0.2, 0) is 11.4 Å². The van der Waals surface area contributed by atoms with E-state index >= 15 is 0 Å². The van der Waals surface area contributed by atoms with Crippen molar-refractivity contribution >= 4 is 17.7 Å². The molecule has 1 amide bonds. The molecule has 0 fully saturated rings. The molecule has 150 valence electrons. The second-order valence-corrected chi connectivity index (χ2v) is 6.84. The average molecular weight is 399 g/mol. The molecule has 2 aromatic heterocycles. The number of hydrogen-bond donors (Lipinski definition) is 2. The summed E-state index contributed by atoms with van der Waals surface area (Å²) in [6.07, 6.45) is 3.08. The van der Waals surface area contributed by atoms with Crippen molar-refractivity contribution in [3.8, 4) is 22.6 Å². The molecule has 0 aliphatic heterocycles. The minimum Gasteiger partial charge on any atom is -0.459 e. The van der Waals surface area contributed by atoms with E-state index in [9.17, 15) is 4.79 Å². The van der Waals surface area contributed by atoms with Gasteiger partial charge < -0.3 is 19.3 Å². The molecule has 2 aromatic carbocycles. The van der Waals surface area contributed by atoms with E-state index < -0.39 is 0 Å². The fraction of sp³-hybridized carbons (Fsp3) is 0.0800. The van der Waals surface area contributed by atoms with E-state index in [2.05, 4.69) is 5.32 Å². The highest BCUT2D eigenvalue weighted by molar-refractivity contribution is 6.02. The normalized spacial score (nSPS) is 11.1. The molecule has 4 aromatic rings. The van der Waals surface area contributed by atoms with Gasteiger partial charge in [-0.2, -0.15) is 0 Å². The minimum absolute atomic E-state index is 0.137. The quantitative estimate of drug-likeness (QED) is 0.410. The van der Waals surface area contributed by atoms with E-state index in [0.29, 0.717) is 23.0 Å². The van der Waals surface area contributed by atoms with Gasteiger partial charge in [0.15, 0.2) is 0 Å². The molecule has 5 nitrogen and oxygen atoms in total. The van der Waals surface area contributed by atoms with Gasteiger partial charge in [-0.3, -0.25) is 4.79 Å². The van der Waals surface area contributed by atoms with E-state index in [0.717, 1.165) is 22.5 Å². The fourth-order valence-corrected chi connectivity index (χ4v) is 3.17. The number of carbonyl (C=O) groups excluding carboxylic acids is 1. The standard InChI is InChI=1S/C25H21NO4/c1-17-15-19(7-11-22(17)24-13-9-21(16-27)30-24)26-25(28)14-10-20-8-12-23(29-20)18-5-3-2-4-6-18/h2-15,27H,16H2,1H3,(H,26,28)/b14-10+. The van der Waals surface area contributed by atoms with Gasteiger partial charge in [0.25, 0.3) is 0 Å². The third-order valence-electron chi connectivity index (χ3n) is 4.66. The lowest BCUT2D eigenvalue weighted by molar-refractivity contribution is -0.111. The number of nitrogens with one attached hydrogen (secondary N) is 1. The van der Waals surface area contributed by atoms with E-state index in [-0.39, 0.29) is 12.5 Å². The van der Waals surface area contributed by atoms with Gasteiger partial charge in [-0.1, -0.05) is 30.3 Å². The van der Waals surface area contributed by atoms with Crippen molar-refractivity contribution in [1.82, 2.24) is 0 Å². The third-order valence-corrected chi connectivity index (χ3v) is 4.66. The smallest absolute Gasteiger partial charge is 0.248 e. The highest BCUT2D eigenvalue weighted by Gasteiger charge is 2.09. The first-order valence-corrected chi connectivity index (χ1v) is 9.57. The number of aliphatic hydroxyl groups is 1. The van der Waals surface area contributed by atoms with Crippen LogP contribution in [-0.4, -0.2) is 11.0 Å². The maximum absolute atomic E-state index is 12.3. The highest BCUT2D eigenvalue weighted by atomic mass is 16.4. The van der Waals surface area contributed by atoms with Crippen LogP contribution in [0.15, 0.2) is 87.7 Å².